The Morgan fingerprint density at radius 2 is 0.825 bits per heavy atom. The van der Waals surface area contributed by atoms with Gasteiger partial charge in [0.1, 0.15) is 23.6 Å². The number of benzene rings is 4. The van der Waals surface area contributed by atoms with E-state index in [-0.39, 0.29) is 11.1 Å². The highest BCUT2D eigenvalue weighted by atomic mass is 32.1. The zero-order valence-electron chi connectivity index (χ0n) is 36.1. The summed E-state index contributed by atoms with van der Waals surface area (Å²) in [5.74, 6) is 13.8. The Bertz CT molecular complexity index is 2370. The summed E-state index contributed by atoms with van der Waals surface area (Å²) in [6.07, 6.45) is 7.52. The number of hydrogen-bond donors (Lipinski definition) is 0. The van der Waals surface area contributed by atoms with Gasteiger partial charge in [-0.25, -0.2) is 9.59 Å². The molecule has 0 saturated heterocycles. The molecule has 0 radical (unpaired) electrons. The number of rotatable bonds is 20. The summed E-state index contributed by atoms with van der Waals surface area (Å²) in [6, 6.07) is 27.6. The number of esters is 2. The molecule has 0 bridgehead atoms. The SMILES string of the molecule is CCCCOc1ccc(C(=O)Oc2ccc(C#Cc3sc(C#Cc4ccc(OC(=O)c5ccc(OCCCC)c(OCCCC)c5)cc4)c(C#N)c3C#N)cc2)cc1OCCCC. The number of ether oxygens (including phenoxy) is 6. The first-order valence-electron chi connectivity index (χ1n) is 21.2. The third kappa shape index (κ3) is 13.9. The third-order valence-electron chi connectivity index (χ3n) is 9.28. The van der Waals surface area contributed by atoms with Crippen LogP contribution in [0, 0.1) is 46.3 Å². The smallest absolute Gasteiger partial charge is 0.343 e. The van der Waals surface area contributed by atoms with Gasteiger partial charge in [0, 0.05) is 11.1 Å². The van der Waals surface area contributed by atoms with Crippen LogP contribution in [0.2, 0.25) is 0 Å². The Balaban J connectivity index is 1.23. The largest absolute Gasteiger partial charge is 0.490 e. The van der Waals surface area contributed by atoms with Crippen LogP contribution in [0.25, 0.3) is 0 Å². The number of carbonyl (C=O) groups excluding carboxylic acids is 2. The van der Waals surface area contributed by atoms with E-state index < -0.39 is 11.9 Å². The van der Waals surface area contributed by atoms with Crippen molar-refractivity contribution in [2.75, 3.05) is 26.4 Å². The molecule has 4 aromatic carbocycles. The van der Waals surface area contributed by atoms with Crippen molar-refractivity contribution in [3.63, 3.8) is 0 Å². The number of carbonyl (C=O) groups is 2. The fraction of sp³-hybridized carbons (Fsp3) is 0.308. The van der Waals surface area contributed by atoms with E-state index in [4.69, 9.17) is 28.4 Å². The summed E-state index contributed by atoms with van der Waals surface area (Å²) in [7, 11) is 0. The van der Waals surface area contributed by atoms with Gasteiger partial charge in [0.25, 0.3) is 0 Å². The van der Waals surface area contributed by atoms with Crippen LogP contribution < -0.4 is 28.4 Å². The molecular formula is C52H50N2O8S. The van der Waals surface area contributed by atoms with Gasteiger partial charge >= 0.3 is 11.9 Å². The normalized spacial score (nSPS) is 10.2. The van der Waals surface area contributed by atoms with E-state index in [1.807, 2.05) is 0 Å². The lowest BCUT2D eigenvalue weighted by atomic mass is 10.1. The zero-order chi connectivity index (χ0) is 44.8. The summed E-state index contributed by atoms with van der Waals surface area (Å²) < 4.78 is 34.9. The van der Waals surface area contributed by atoms with Gasteiger partial charge in [-0.2, -0.15) is 10.5 Å². The zero-order valence-corrected chi connectivity index (χ0v) is 37.0. The van der Waals surface area contributed by atoms with Crippen LogP contribution in [0.5, 0.6) is 34.5 Å². The molecule has 63 heavy (non-hydrogen) atoms. The number of nitrogens with zero attached hydrogens (tertiary/aromatic N) is 2. The molecule has 0 unspecified atom stereocenters. The van der Waals surface area contributed by atoms with Gasteiger partial charge in [-0.3, -0.25) is 0 Å². The van der Waals surface area contributed by atoms with Gasteiger partial charge < -0.3 is 28.4 Å². The average molecular weight is 863 g/mol. The van der Waals surface area contributed by atoms with Crippen molar-refractivity contribution in [2.45, 2.75) is 79.1 Å². The third-order valence-corrected chi connectivity index (χ3v) is 10.3. The Labute approximate surface area is 374 Å². The van der Waals surface area contributed by atoms with Crippen molar-refractivity contribution in [1.29, 1.82) is 10.5 Å². The standard InChI is InChI=1S/C52H50N2O8S/c1-5-9-29-57-45-25-19-39(33-47(45)59-31-11-7-3)51(55)61-41-21-13-37(14-22-41)17-27-49-43(35-53)44(36-54)50(63-49)28-18-38-15-23-42(24-16-38)62-52(56)40-20-26-46(58-30-10-6-2)48(34-40)60-32-12-8-4/h13-16,19-26,33-34H,5-12,29-32H2,1-4H3. The van der Waals surface area contributed by atoms with Crippen molar-refractivity contribution in [3.05, 3.63) is 128 Å². The monoisotopic (exact) mass is 862 g/mol. The van der Waals surface area contributed by atoms with E-state index in [1.165, 1.54) is 0 Å². The molecule has 5 rings (SSSR count). The molecule has 0 N–H and O–H groups in total. The van der Waals surface area contributed by atoms with Crippen LogP contribution in [0.15, 0.2) is 84.9 Å². The molecule has 0 aliphatic rings. The quantitative estimate of drug-likeness (QED) is 0.0322. The number of hydrogen-bond acceptors (Lipinski definition) is 11. The van der Waals surface area contributed by atoms with Gasteiger partial charge in [0.15, 0.2) is 23.0 Å². The Morgan fingerprint density at radius 3 is 1.16 bits per heavy atom. The van der Waals surface area contributed by atoms with E-state index >= 15 is 0 Å². The molecule has 5 aromatic rings. The maximum absolute atomic E-state index is 13.1. The van der Waals surface area contributed by atoms with E-state index in [0.717, 1.165) is 62.7 Å². The second-order valence-corrected chi connectivity index (χ2v) is 15.2. The van der Waals surface area contributed by atoms with Crippen molar-refractivity contribution in [2.24, 2.45) is 0 Å². The highest BCUT2D eigenvalue weighted by molar-refractivity contribution is 7.13. The lowest BCUT2D eigenvalue weighted by Gasteiger charge is -2.14. The van der Waals surface area contributed by atoms with Gasteiger partial charge in [-0.15, -0.1) is 11.3 Å². The molecule has 0 spiro atoms. The highest BCUT2D eigenvalue weighted by Crippen LogP contribution is 2.32. The minimum Gasteiger partial charge on any atom is -0.490 e. The van der Waals surface area contributed by atoms with Gasteiger partial charge in [0.2, 0.25) is 0 Å². The van der Waals surface area contributed by atoms with Gasteiger partial charge in [-0.05, 0) is 122 Å². The van der Waals surface area contributed by atoms with Crippen LogP contribution >= 0.6 is 11.3 Å². The topological polar surface area (TPSA) is 137 Å². The van der Waals surface area contributed by atoms with Crippen LogP contribution in [0.3, 0.4) is 0 Å². The first-order chi connectivity index (χ1) is 30.8. The van der Waals surface area contributed by atoms with Crippen molar-refractivity contribution < 1.29 is 38.0 Å². The summed E-state index contributed by atoms with van der Waals surface area (Å²) in [4.78, 5) is 27.0. The molecule has 0 saturated carbocycles. The maximum Gasteiger partial charge on any atom is 0.343 e. The Kier molecular flexibility index (Phi) is 18.5. The lowest BCUT2D eigenvalue weighted by Crippen LogP contribution is -2.10. The van der Waals surface area contributed by atoms with Gasteiger partial charge in [0.05, 0.1) is 58.4 Å². The minimum atomic E-state index is -0.545. The predicted octanol–water partition coefficient (Wildman–Crippen LogP) is 11.4. The highest BCUT2D eigenvalue weighted by Gasteiger charge is 2.18. The van der Waals surface area contributed by atoms with Crippen molar-refractivity contribution >= 4 is 23.3 Å². The molecular weight excluding hydrogens is 813 g/mol. The molecule has 0 fully saturated rings. The average Bonchev–Trinajstić information content (AvgIpc) is 3.65. The fourth-order valence-electron chi connectivity index (χ4n) is 5.66. The molecule has 322 valence electrons. The summed E-state index contributed by atoms with van der Waals surface area (Å²) in [6.45, 7) is 10.5. The molecule has 1 aromatic heterocycles. The predicted molar refractivity (Wildman–Crippen MR) is 243 cm³/mol. The van der Waals surface area contributed by atoms with E-state index in [2.05, 4.69) is 63.5 Å². The Morgan fingerprint density at radius 1 is 0.476 bits per heavy atom. The molecule has 11 heteroatoms. The maximum atomic E-state index is 13.1. The molecule has 0 amide bonds. The summed E-state index contributed by atoms with van der Waals surface area (Å²) >= 11 is 1.15. The van der Waals surface area contributed by atoms with Crippen molar-refractivity contribution in [3.8, 4) is 70.3 Å². The van der Waals surface area contributed by atoms with E-state index in [9.17, 15) is 20.1 Å². The second-order valence-electron chi connectivity index (χ2n) is 14.2. The Hall–Kier alpha value is -7.18. The van der Waals surface area contributed by atoms with Crippen molar-refractivity contribution in [1.82, 2.24) is 0 Å². The van der Waals surface area contributed by atoms with Crippen LogP contribution in [0.4, 0.5) is 0 Å². The first-order valence-corrected chi connectivity index (χ1v) is 22.1. The summed E-state index contributed by atoms with van der Waals surface area (Å²) in [5, 5.41) is 19.9. The molecule has 0 aliphatic carbocycles. The number of nitriles is 2. The molecule has 1 heterocycles. The van der Waals surface area contributed by atoms with Crippen LogP contribution in [0.1, 0.15) is 132 Å². The number of thiophene rings is 1. The van der Waals surface area contributed by atoms with Gasteiger partial charge in [-0.1, -0.05) is 65.2 Å². The molecule has 10 nitrogen and oxygen atoms in total. The second kappa shape index (κ2) is 24.9. The fourth-order valence-corrected chi connectivity index (χ4v) is 6.57. The van der Waals surface area contributed by atoms with E-state index in [1.54, 1.807) is 84.9 Å². The van der Waals surface area contributed by atoms with E-state index in [0.29, 0.717) is 92.9 Å². The van der Waals surface area contributed by atoms with Crippen LogP contribution in [-0.2, 0) is 0 Å². The lowest BCUT2D eigenvalue weighted by molar-refractivity contribution is 0.0724. The molecule has 0 atom stereocenters. The summed E-state index contributed by atoms with van der Waals surface area (Å²) in [5.41, 5.74) is 2.15. The minimum absolute atomic E-state index is 0.145. The molecule has 0 aliphatic heterocycles. The first kappa shape index (κ1) is 46.9. The number of unbranched alkanes of at least 4 members (excludes halogenated alkanes) is 4. The van der Waals surface area contributed by atoms with Crippen LogP contribution in [-0.4, -0.2) is 38.4 Å².